The van der Waals surface area contributed by atoms with Crippen LogP contribution in [0.1, 0.15) is 277 Å². The van der Waals surface area contributed by atoms with Gasteiger partial charge < -0.3 is 65.1 Å². The lowest BCUT2D eigenvalue weighted by Gasteiger charge is -2.46. The number of hydrogen-bond acceptors (Lipinski definition) is 13. The van der Waals surface area contributed by atoms with Gasteiger partial charge in [-0.2, -0.15) is 0 Å². The van der Waals surface area contributed by atoms with E-state index in [1.807, 2.05) is 6.08 Å². The summed E-state index contributed by atoms with van der Waals surface area (Å²) in [4.78, 5) is 13.3. The van der Waals surface area contributed by atoms with E-state index < -0.39 is 86.8 Å². The van der Waals surface area contributed by atoms with Crippen LogP contribution in [0.4, 0.5) is 0 Å². The number of nitrogens with one attached hydrogen (secondary N) is 1. The zero-order valence-corrected chi connectivity index (χ0v) is 55.9. The molecule has 89 heavy (non-hydrogen) atoms. The van der Waals surface area contributed by atoms with Crippen molar-refractivity contribution in [3.8, 4) is 0 Å². The van der Waals surface area contributed by atoms with Gasteiger partial charge in [0.05, 0.1) is 32.0 Å². The average molecular weight is 1250 g/mol. The monoisotopic (exact) mass is 1250 g/mol. The number of aliphatic hydroxyl groups excluding tert-OH is 8. The minimum Gasteiger partial charge on any atom is -0.394 e. The van der Waals surface area contributed by atoms with Crippen LogP contribution in [-0.2, 0) is 23.7 Å². The Morgan fingerprint density at radius 3 is 1.18 bits per heavy atom. The number of amides is 1. The second-order valence-electron chi connectivity index (χ2n) is 25.0. The van der Waals surface area contributed by atoms with Crippen LogP contribution in [0, 0.1) is 0 Å². The predicted octanol–water partition coefficient (Wildman–Crippen LogP) is 15.0. The van der Waals surface area contributed by atoms with E-state index in [2.05, 4.69) is 104 Å². The SMILES string of the molecule is CC/C=C\C/C=C\C/C=C\C/C=C\C/C=C\C/C=C\C/C=C\CCCC(=O)NC(COC1OC(CO)C(OC2OC(CO)C(O)C(O)C2O)C(O)C1O)C(O)/C=C/CCCCCCCCCCCCCCCCCCCCCCCCCCCCCCCC. The number of carbonyl (C=O) groups excluding carboxylic acids is 1. The molecule has 2 aliphatic rings. The first kappa shape index (κ1) is 82.0. The molecule has 0 aromatic heterocycles. The molecule has 0 radical (unpaired) electrons. The standard InChI is InChI=1S/C75H131NO13/c1-3-5-7-9-11-13-15-17-19-21-23-25-27-28-29-30-31-32-33-34-35-37-38-40-42-44-46-48-50-52-54-56-58-64(79)63(62-86-74-72(85)70(83)73(66(61-78)88-74)89-75-71(84)69(82)68(81)65(60-77)87-75)76-67(80)59-57-55-53-51-49-47-45-43-41-39-36-26-24-22-20-18-16-14-12-10-8-6-4-2/h6,8,12,14,18,20,24,26,39,41,45,47,51,53,56,58,63-66,68-75,77-79,81-85H,3-5,7,9-11,13,15-17,19,21-23,25,27-38,40,42-44,46,48-50,52,54-55,57,59-62H2,1-2H3,(H,76,80)/b8-6-,14-12-,20-18-,26-24-,41-39-,47-45-,53-51-,58-56+. The quantitative estimate of drug-likeness (QED) is 0.0204. The molecule has 2 heterocycles. The third-order valence-electron chi connectivity index (χ3n) is 17.0. The van der Waals surface area contributed by atoms with Gasteiger partial charge in [-0.05, 0) is 70.6 Å². The van der Waals surface area contributed by atoms with E-state index >= 15 is 0 Å². The van der Waals surface area contributed by atoms with Gasteiger partial charge in [0.25, 0.3) is 0 Å². The highest BCUT2D eigenvalue weighted by Gasteiger charge is 2.51. The molecule has 2 fully saturated rings. The van der Waals surface area contributed by atoms with Crippen molar-refractivity contribution < 1.29 is 64.6 Å². The van der Waals surface area contributed by atoms with E-state index in [4.69, 9.17) is 18.9 Å². The van der Waals surface area contributed by atoms with Crippen LogP contribution in [0.25, 0.3) is 0 Å². The van der Waals surface area contributed by atoms with Gasteiger partial charge in [0.2, 0.25) is 5.91 Å². The second-order valence-corrected chi connectivity index (χ2v) is 25.0. The first-order valence-electron chi connectivity index (χ1n) is 36.0. The molecule has 14 heteroatoms. The maximum Gasteiger partial charge on any atom is 0.220 e. The van der Waals surface area contributed by atoms with Gasteiger partial charge in [-0.3, -0.25) is 4.79 Å². The van der Waals surface area contributed by atoms with Gasteiger partial charge in [0.1, 0.15) is 48.8 Å². The Hall–Kier alpha value is -3.09. The smallest absolute Gasteiger partial charge is 0.220 e. The number of carbonyl (C=O) groups is 1. The first-order valence-corrected chi connectivity index (χ1v) is 36.0. The molecule has 0 aliphatic carbocycles. The molecular formula is C75H131NO13. The van der Waals surface area contributed by atoms with Crippen LogP contribution < -0.4 is 5.32 Å². The van der Waals surface area contributed by atoms with Crippen LogP contribution in [0.15, 0.2) is 97.2 Å². The minimum atomic E-state index is -1.80. The maximum absolute atomic E-state index is 13.3. The molecule has 12 unspecified atom stereocenters. The summed E-state index contributed by atoms with van der Waals surface area (Å²) in [6, 6.07) is -0.954. The Balaban J connectivity index is 1.69. The van der Waals surface area contributed by atoms with Crippen LogP contribution in [0.5, 0.6) is 0 Å². The third kappa shape index (κ3) is 42.7. The van der Waals surface area contributed by atoms with E-state index in [1.165, 1.54) is 180 Å². The summed E-state index contributed by atoms with van der Waals surface area (Å²) >= 11 is 0. The van der Waals surface area contributed by atoms with E-state index in [0.717, 1.165) is 64.2 Å². The van der Waals surface area contributed by atoms with Crippen molar-refractivity contribution in [2.45, 2.75) is 351 Å². The van der Waals surface area contributed by atoms with Crippen molar-refractivity contribution in [2.24, 2.45) is 0 Å². The molecule has 2 aliphatic heterocycles. The highest BCUT2D eigenvalue weighted by molar-refractivity contribution is 5.76. The molecule has 0 saturated carbocycles. The van der Waals surface area contributed by atoms with E-state index in [-0.39, 0.29) is 18.9 Å². The molecule has 2 rings (SSSR count). The molecule has 9 N–H and O–H groups in total. The molecular weight excluding hydrogens is 1120 g/mol. The molecule has 14 nitrogen and oxygen atoms in total. The van der Waals surface area contributed by atoms with Crippen molar-refractivity contribution in [3.05, 3.63) is 97.2 Å². The predicted molar refractivity (Wildman–Crippen MR) is 364 cm³/mol. The summed E-state index contributed by atoms with van der Waals surface area (Å²) in [6.45, 7) is 2.67. The summed E-state index contributed by atoms with van der Waals surface area (Å²) in [5.74, 6) is -0.297. The zero-order chi connectivity index (χ0) is 64.5. The fourth-order valence-electron chi connectivity index (χ4n) is 11.3. The van der Waals surface area contributed by atoms with Crippen molar-refractivity contribution >= 4 is 5.91 Å². The van der Waals surface area contributed by atoms with E-state index in [0.29, 0.717) is 12.8 Å². The first-order chi connectivity index (χ1) is 43.6. The highest BCUT2D eigenvalue weighted by atomic mass is 16.7. The third-order valence-corrected chi connectivity index (χ3v) is 17.0. The maximum atomic E-state index is 13.3. The Morgan fingerprint density at radius 2 is 0.775 bits per heavy atom. The molecule has 12 atom stereocenters. The van der Waals surface area contributed by atoms with Crippen LogP contribution in [-0.4, -0.2) is 140 Å². The van der Waals surface area contributed by atoms with Crippen LogP contribution >= 0.6 is 0 Å². The van der Waals surface area contributed by atoms with Gasteiger partial charge in [-0.25, -0.2) is 0 Å². The summed E-state index contributed by atoms with van der Waals surface area (Å²) < 4.78 is 22.8. The summed E-state index contributed by atoms with van der Waals surface area (Å²) in [6.07, 6.45) is 66.2. The molecule has 514 valence electrons. The topological polar surface area (TPSA) is 228 Å². The Kier molecular flexibility index (Phi) is 54.1. The molecule has 0 bridgehead atoms. The number of allylic oxidation sites excluding steroid dienone is 15. The largest absolute Gasteiger partial charge is 0.394 e. The van der Waals surface area contributed by atoms with Crippen molar-refractivity contribution in [1.82, 2.24) is 5.32 Å². The lowest BCUT2D eigenvalue weighted by molar-refractivity contribution is -0.359. The Morgan fingerprint density at radius 1 is 0.416 bits per heavy atom. The van der Waals surface area contributed by atoms with Crippen LogP contribution in [0.2, 0.25) is 0 Å². The number of ether oxygens (including phenoxy) is 4. The average Bonchev–Trinajstić information content (AvgIpc) is 3.63. The summed E-state index contributed by atoms with van der Waals surface area (Å²) in [5, 5.41) is 87.4. The van der Waals surface area contributed by atoms with E-state index in [9.17, 15) is 45.6 Å². The van der Waals surface area contributed by atoms with Gasteiger partial charge in [-0.15, -0.1) is 0 Å². The molecule has 2 saturated heterocycles. The lowest BCUT2D eigenvalue weighted by atomic mass is 9.97. The zero-order valence-electron chi connectivity index (χ0n) is 55.9. The number of unbranched alkanes of at least 4 members (excludes halogenated alkanes) is 31. The van der Waals surface area contributed by atoms with Crippen molar-refractivity contribution in [1.29, 1.82) is 0 Å². The summed E-state index contributed by atoms with van der Waals surface area (Å²) in [7, 11) is 0. The Labute approximate surface area is 541 Å². The van der Waals surface area contributed by atoms with Crippen LogP contribution in [0.3, 0.4) is 0 Å². The van der Waals surface area contributed by atoms with Gasteiger partial charge in [0.15, 0.2) is 12.6 Å². The number of aliphatic hydroxyl groups is 8. The van der Waals surface area contributed by atoms with Gasteiger partial charge in [0, 0.05) is 6.42 Å². The molecule has 0 aromatic carbocycles. The van der Waals surface area contributed by atoms with Crippen molar-refractivity contribution in [2.75, 3.05) is 19.8 Å². The Bertz CT molecular complexity index is 1860. The minimum absolute atomic E-state index is 0.196. The number of rotatable bonds is 58. The molecule has 0 spiro atoms. The van der Waals surface area contributed by atoms with E-state index in [1.54, 1.807) is 6.08 Å². The summed E-state index contributed by atoms with van der Waals surface area (Å²) in [5.41, 5.74) is 0. The van der Waals surface area contributed by atoms with Crippen molar-refractivity contribution in [3.63, 3.8) is 0 Å². The normalized spacial score (nSPS) is 23.6. The molecule has 0 aromatic rings. The fraction of sp³-hybridized carbons (Fsp3) is 0.773. The van der Waals surface area contributed by atoms with Gasteiger partial charge >= 0.3 is 0 Å². The lowest BCUT2D eigenvalue weighted by Crippen LogP contribution is -2.65. The van der Waals surface area contributed by atoms with Gasteiger partial charge in [-0.1, -0.05) is 297 Å². The second kappa shape index (κ2) is 58.7. The fourth-order valence-corrected chi connectivity index (χ4v) is 11.3. The number of hydrogen-bond donors (Lipinski definition) is 9. The molecule has 1 amide bonds. The highest BCUT2D eigenvalue weighted by Crippen LogP contribution is 2.30.